The number of aryl methyl sites for hydroxylation is 1. The number of hydrogen-bond acceptors (Lipinski definition) is 4. The molecule has 160 valence electrons. The number of amides is 1. The van der Waals surface area contributed by atoms with Crippen LogP contribution in [0.25, 0.3) is 5.69 Å². The van der Waals surface area contributed by atoms with Crippen LogP contribution in [0.4, 0.5) is 5.69 Å². The smallest absolute Gasteiger partial charge is 0.250 e. The summed E-state index contributed by atoms with van der Waals surface area (Å²) in [4.78, 5) is 24.9. The lowest BCUT2D eigenvalue weighted by molar-refractivity contribution is 0.0892. The van der Waals surface area contributed by atoms with Gasteiger partial charge in [-0.1, -0.05) is 33.1 Å². The molecule has 1 saturated carbocycles. The van der Waals surface area contributed by atoms with Crippen molar-refractivity contribution in [2.24, 2.45) is 11.1 Å². The molecule has 0 saturated heterocycles. The van der Waals surface area contributed by atoms with Crippen molar-refractivity contribution in [3.63, 3.8) is 0 Å². The van der Waals surface area contributed by atoms with Crippen LogP contribution in [-0.2, 0) is 6.42 Å². The summed E-state index contributed by atoms with van der Waals surface area (Å²) in [7, 11) is 0. The van der Waals surface area contributed by atoms with Crippen LogP contribution in [-0.4, -0.2) is 27.5 Å². The van der Waals surface area contributed by atoms with Gasteiger partial charge in [-0.15, -0.1) is 0 Å². The lowest BCUT2D eigenvalue weighted by atomic mass is 9.72. The summed E-state index contributed by atoms with van der Waals surface area (Å²) in [5.41, 5.74) is 10.2. The average molecular weight is 409 g/mol. The Bertz CT molecular complexity index is 987. The number of rotatable bonds is 5. The van der Waals surface area contributed by atoms with Gasteiger partial charge in [0.1, 0.15) is 0 Å². The van der Waals surface area contributed by atoms with E-state index in [-0.39, 0.29) is 11.2 Å². The van der Waals surface area contributed by atoms with Gasteiger partial charge in [-0.25, -0.2) is 4.68 Å². The van der Waals surface area contributed by atoms with Crippen molar-refractivity contribution in [2.75, 3.05) is 5.32 Å². The van der Waals surface area contributed by atoms with E-state index in [0.717, 1.165) is 54.0 Å². The molecule has 30 heavy (non-hydrogen) atoms. The molecule has 1 amide bonds. The van der Waals surface area contributed by atoms with Crippen molar-refractivity contribution in [3.8, 4) is 5.69 Å². The summed E-state index contributed by atoms with van der Waals surface area (Å²) in [5, 5.41) is 8.28. The molecule has 2 aromatic rings. The number of carbonyl (C=O) groups is 2. The van der Waals surface area contributed by atoms with Crippen molar-refractivity contribution in [1.82, 2.24) is 9.78 Å². The van der Waals surface area contributed by atoms with E-state index in [1.54, 1.807) is 6.07 Å². The maximum Gasteiger partial charge on any atom is 0.250 e. The number of carbonyl (C=O) groups excluding carboxylic acids is 2. The second kappa shape index (κ2) is 7.89. The van der Waals surface area contributed by atoms with Crippen molar-refractivity contribution >= 4 is 17.4 Å². The molecule has 1 unspecified atom stereocenters. The summed E-state index contributed by atoms with van der Waals surface area (Å²) in [5.74, 6) is -0.258. The van der Waals surface area contributed by atoms with Crippen LogP contribution in [0.2, 0.25) is 0 Å². The number of Topliss-reactive ketones (excluding diaryl/α,β-unsaturated/α-hetero) is 1. The Labute approximate surface area is 178 Å². The fourth-order valence-electron chi connectivity index (χ4n) is 4.97. The van der Waals surface area contributed by atoms with Crippen LogP contribution in [0.3, 0.4) is 0 Å². The van der Waals surface area contributed by atoms with E-state index in [2.05, 4.69) is 19.2 Å². The normalized spacial score (nSPS) is 22.0. The summed E-state index contributed by atoms with van der Waals surface area (Å²) in [6, 6.07) is 5.96. The van der Waals surface area contributed by atoms with Gasteiger partial charge < -0.3 is 11.1 Å². The van der Waals surface area contributed by atoms with E-state index in [4.69, 9.17) is 10.8 Å². The molecule has 1 heterocycles. The Morgan fingerprint density at radius 1 is 1.27 bits per heavy atom. The standard InChI is InChI=1S/C24H32N4O2/c1-4-24(3)13-20-22(21(29)14-24)15(2)27-28(20)17-10-11-18(23(25)30)19(12-17)26-16-8-6-5-7-9-16/h10-12,16,26H,4-9,13-14H2,1-3H3,(H2,25,30). The third kappa shape index (κ3) is 3.75. The highest BCUT2D eigenvalue weighted by Crippen LogP contribution is 2.40. The summed E-state index contributed by atoms with van der Waals surface area (Å²) in [6.07, 6.45) is 8.19. The van der Waals surface area contributed by atoms with Gasteiger partial charge >= 0.3 is 0 Å². The maximum absolute atomic E-state index is 12.9. The van der Waals surface area contributed by atoms with Gasteiger partial charge in [-0.2, -0.15) is 5.10 Å². The number of hydrogen-bond donors (Lipinski definition) is 2. The minimum Gasteiger partial charge on any atom is -0.382 e. The average Bonchev–Trinajstić information content (AvgIpc) is 3.04. The molecule has 0 radical (unpaired) electrons. The van der Waals surface area contributed by atoms with Crippen molar-refractivity contribution in [2.45, 2.75) is 78.2 Å². The van der Waals surface area contributed by atoms with Crippen molar-refractivity contribution in [3.05, 3.63) is 40.7 Å². The lowest BCUT2D eigenvalue weighted by Gasteiger charge is -2.32. The van der Waals surface area contributed by atoms with E-state index in [9.17, 15) is 9.59 Å². The second-order valence-electron chi connectivity index (χ2n) is 9.33. The van der Waals surface area contributed by atoms with Crippen LogP contribution >= 0.6 is 0 Å². The SMILES string of the molecule is CCC1(C)CC(=O)c2c(C)nn(-c3ccc(C(N)=O)c(NC4CCCCC4)c3)c2C1. The predicted molar refractivity (Wildman–Crippen MR) is 118 cm³/mol. The third-order valence-corrected chi connectivity index (χ3v) is 6.95. The van der Waals surface area contributed by atoms with Gasteiger partial charge in [0, 0.05) is 18.2 Å². The maximum atomic E-state index is 12.9. The molecule has 1 aromatic carbocycles. The Kier molecular flexibility index (Phi) is 5.43. The Balaban J connectivity index is 1.76. The lowest BCUT2D eigenvalue weighted by Crippen LogP contribution is -2.30. The van der Waals surface area contributed by atoms with Crippen LogP contribution in [0.1, 0.15) is 90.9 Å². The van der Waals surface area contributed by atoms with Crippen LogP contribution < -0.4 is 11.1 Å². The monoisotopic (exact) mass is 408 g/mol. The van der Waals surface area contributed by atoms with E-state index >= 15 is 0 Å². The van der Waals surface area contributed by atoms with Crippen molar-refractivity contribution < 1.29 is 9.59 Å². The number of primary amides is 1. The van der Waals surface area contributed by atoms with Crippen LogP contribution in [0, 0.1) is 12.3 Å². The van der Waals surface area contributed by atoms with Gasteiger partial charge in [0.25, 0.3) is 5.91 Å². The molecule has 0 bridgehead atoms. The quantitative estimate of drug-likeness (QED) is 0.758. The summed E-state index contributed by atoms with van der Waals surface area (Å²) >= 11 is 0. The first-order valence-corrected chi connectivity index (χ1v) is 11.1. The van der Waals surface area contributed by atoms with Gasteiger partial charge in [-0.05, 0) is 56.2 Å². The first-order valence-electron chi connectivity index (χ1n) is 11.1. The number of fused-ring (bicyclic) bond motifs is 1. The first-order chi connectivity index (χ1) is 14.3. The number of anilines is 1. The number of benzene rings is 1. The van der Waals surface area contributed by atoms with Crippen LogP contribution in [0.15, 0.2) is 18.2 Å². The third-order valence-electron chi connectivity index (χ3n) is 6.95. The number of ketones is 1. The molecule has 6 heteroatoms. The number of aromatic nitrogens is 2. The zero-order valence-electron chi connectivity index (χ0n) is 18.3. The highest BCUT2D eigenvalue weighted by molar-refractivity contribution is 6.00. The molecular weight excluding hydrogens is 376 g/mol. The van der Waals surface area contributed by atoms with Crippen LogP contribution in [0.5, 0.6) is 0 Å². The minimum atomic E-state index is -0.438. The van der Waals surface area contributed by atoms with Gasteiger partial charge in [-0.3, -0.25) is 9.59 Å². The van der Waals surface area contributed by atoms with E-state index in [1.165, 1.54) is 19.3 Å². The number of nitrogens with zero attached hydrogens (tertiary/aromatic N) is 2. The first kappa shape index (κ1) is 20.6. The Morgan fingerprint density at radius 2 is 2.00 bits per heavy atom. The zero-order valence-corrected chi connectivity index (χ0v) is 18.3. The van der Waals surface area contributed by atoms with E-state index in [1.807, 2.05) is 23.7 Å². The molecule has 0 aliphatic heterocycles. The molecule has 2 aliphatic carbocycles. The molecule has 1 atom stereocenters. The molecule has 1 fully saturated rings. The fraction of sp³-hybridized carbons (Fsp3) is 0.542. The van der Waals surface area contributed by atoms with Gasteiger partial charge in [0.05, 0.1) is 28.2 Å². The zero-order chi connectivity index (χ0) is 21.5. The Hall–Kier alpha value is -2.63. The highest BCUT2D eigenvalue weighted by atomic mass is 16.1. The largest absolute Gasteiger partial charge is 0.382 e. The van der Waals surface area contributed by atoms with Crippen molar-refractivity contribution in [1.29, 1.82) is 0 Å². The molecule has 6 nitrogen and oxygen atoms in total. The molecular formula is C24H32N4O2. The van der Waals surface area contributed by atoms with E-state index in [0.29, 0.717) is 18.0 Å². The summed E-state index contributed by atoms with van der Waals surface area (Å²) in [6.45, 7) is 6.22. The molecule has 1 aromatic heterocycles. The Morgan fingerprint density at radius 3 is 2.67 bits per heavy atom. The molecule has 4 rings (SSSR count). The summed E-state index contributed by atoms with van der Waals surface area (Å²) < 4.78 is 1.90. The minimum absolute atomic E-state index is 0.0509. The molecule has 0 spiro atoms. The number of nitrogens with two attached hydrogens (primary N) is 1. The molecule has 3 N–H and O–H groups in total. The fourth-order valence-corrected chi connectivity index (χ4v) is 4.97. The second-order valence-corrected chi connectivity index (χ2v) is 9.33. The van der Waals surface area contributed by atoms with Gasteiger partial charge in [0.15, 0.2) is 5.78 Å². The van der Waals surface area contributed by atoms with E-state index < -0.39 is 5.91 Å². The topological polar surface area (TPSA) is 90.0 Å². The highest BCUT2D eigenvalue weighted by Gasteiger charge is 2.37. The number of nitrogens with one attached hydrogen (secondary N) is 1. The molecule has 2 aliphatic rings. The predicted octanol–water partition coefficient (Wildman–Crippen LogP) is 4.57. The van der Waals surface area contributed by atoms with Gasteiger partial charge in [0.2, 0.25) is 0 Å².